The molecule has 4 aliphatic heterocycles. The Balaban J connectivity index is 0.836. The van der Waals surface area contributed by atoms with E-state index in [0.717, 1.165) is 6.42 Å². The fourth-order valence-electron chi connectivity index (χ4n) is 11.0. The molecule has 2 unspecified atom stereocenters. The van der Waals surface area contributed by atoms with Crippen LogP contribution in [0.2, 0.25) is 0 Å². The topological polar surface area (TPSA) is 202 Å². The number of hydrogen-bond donors (Lipinski definition) is 4. The van der Waals surface area contributed by atoms with E-state index < -0.39 is 54.0 Å². The first-order valence-corrected chi connectivity index (χ1v) is 23.9. The first kappa shape index (κ1) is 46.2. The van der Waals surface area contributed by atoms with Crippen LogP contribution in [-0.2, 0) is 39.2 Å². The number of carbonyl (C=O) groups excluding carboxylic acids is 4. The van der Waals surface area contributed by atoms with E-state index >= 15 is 8.78 Å². The summed E-state index contributed by atoms with van der Waals surface area (Å²) in [5.41, 5.74) is 4.73. The minimum absolute atomic E-state index is 0.0964. The number of nitrogens with zero attached hydrogens (tertiary/aromatic N) is 4. The number of aromatic amines is 2. The van der Waals surface area contributed by atoms with Crippen molar-refractivity contribution in [2.45, 2.75) is 68.0 Å². The number of H-pyrrole nitrogens is 2. The summed E-state index contributed by atoms with van der Waals surface area (Å²) in [6.45, 7) is 2.29. The van der Waals surface area contributed by atoms with Gasteiger partial charge in [-0.05, 0) is 83.7 Å². The molecule has 4 N–H and O–H groups in total. The Bertz CT molecular complexity index is 3020. The molecule has 4 atom stereocenters. The molecule has 17 nitrogen and oxygen atoms in total. The second-order valence-electron chi connectivity index (χ2n) is 18.7. The summed E-state index contributed by atoms with van der Waals surface area (Å²) in [5.74, 6) is -4.11. The lowest BCUT2D eigenvalue weighted by atomic mass is 9.90. The molecular formula is C52H52F2N8O9. The summed E-state index contributed by atoms with van der Waals surface area (Å²) in [6, 6.07) is 21.6. The lowest BCUT2D eigenvalue weighted by molar-refractivity contribution is -0.153. The number of aromatic nitrogens is 4. The number of methoxy groups -OCH3 is 2. The van der Waals surface area contributed by atoms with Crippen molar-refractivity contribution in [1.82, 2.24) is 40.4 Å². The third-order valence-electron chi connectivity index (χ3n) is 14.6. The highest BCUT2D eigenvalue weighted by Gasteiger charge is 2.53. The average Bonchev–Trinajstić information content (AvgIpc) is 4.28. The molecule has 5 aliphatic rings. The standard InChI is InChI=1S/C52H52F2N8O9/c1-67-49(65)59-43(29-7-4-3-5-8-29)48(64)62-28-51(70-21-22-71-51)26-42(62)46-56-38-15-12-32(25-39(38)57-46)31-10-13-34-35-14-11-33(24-37(35)52(53,54)36(34)23-31)40-27-55-45(58-40)41-9-6-18-61(41)47(63)44(60-50(66)68-2)30-16-19-69-20-17-30/h3-5,7-8,10-15,23-25,27,30,41-44H,6,9,16-22,26,28H2,1-2H3,(H,55,58)(H,56,57)(H,59,65)(H,60,66)/t41?,42?,43-,44+/m1/s1. The smallest absolute Gasteiger partial charge is 0.407 e. The van der Waals surface area contributed by atoms with Crippen LogP contribution in [0.25, 0.3) is 44.5 Å². The van der Waals surface area contributed by atoms with Gasteiger partial charge in [0.1, 0.15) is 23.7 Å². The first-order valence-electron chi connectivity index (χ1n) is 23.9. The van der Waals surface area contributed by atoms with E-state index in [1.54, 1.807) is 58.5 Å². The SMILES string of the molecule is COC(=O)N[C@H](C(=O)N1CCCC1c1ncc(-c2ccc3c(c2)C(F)(F)c2cc(-c4ccc5nc(C6CC7(CN6C(=O)[C@H](NC(=O)OC)c6ccccc6)OCCO7)[nH]c5c4)ccc2-3)[nH]1)C1CCOCC1. The van der Waals surface area contributed by atoms with Gasteiger partial charge in [-0.15, -0.1) is 0 Å². The molecule has 11 rings (SSSR count). The molecule has 2 aromatic heterocycles. The molecule has 19 heteroatoms. The maximum atomic E-state index is 16.8. The first-order chi connectivity index (χ1) is 34.4. The van der Waals surface area contributed by atoms with Gasteiger partial charge in [0.05, 0.1) is 69.0 Å². The van der Waals surface area contributed by atoms with Gasteiger partial charge in [0.2, 0.25) is 5.91 Å². The van der Waals surface area contributed by atoms with Gasteiger partial charge in [-0.3, -0.25) is 9.59 Å². The zero-order valence-electron chi connectivity index (χ0n) is 39.0. The van der Waals surface area contributed by atoms with Crippen molar-refractivity contribution in [3.63, 3.8) is 0 Å². The van der Waals surface area contributed by atoms with E-state index in [1.165, 1.54) is 26.4 Å². The molecule has 0 radical (unpaired) electrons. The van der Waals surface area contributed by atoms with Gasteiger partial charge in [0.15, 0.2) is 5.79 Å². The van der Waals surface area contributed by atoms with Crippen molar-refractivity contribution in [3.8, 4) is 33.5 Å². The number of imidazole rings is 2. The Morgan fingerprint density at radius 2 is 1.42 bits per heavy atom. The number of amides is 4. The lowest BCUT2D eigenvalue weighted by Crippen LogP contribution is -2.53. The predicted molar refractivity (Wildman–Crippen MR) is 253 cm³/mol. The Labute approximate surface area is 406 Å². The second-order valence-corrected chi connectivity index (χ2v) is 18.7. The van der Waals surface area contributed by atoms with Gasteiger partial charge >= 0.3 is 12.2 Å². The van der Waals surface area contributed by atoms with E-state index in [1.807, 2.05) is 30.3 Å². The number of halogens is 2. The Morgan fingerprint density at radius 3 is 2.15 bits per heavy atom. The van der Waals surface area contributed by atoms with Crippen LogP contribution < -0.4 is 10.6 Å². The fraction of sp³-hybridized carbons (Fsp3) is 0.385. The number of hydrogen-bond acceptors (Lipinski definition) is 11. The normalized spacial score (nSPS) is 21.0. The van der Waals surface area contributed by atoms with Crippen LogP contribution in [0.15, 0.2) is 91.1 Å². The number of benzene rings is 4. The summed E-state index contributed by atoms with van der Waals surface area (Å²) >= 11 is 0. The van der Waals surface area contributed by atoms with E-state index in [0.29, 0.717) is 114 Å². The maximum Gasteiger partial charge on any atom is 0.407 e. The van der Waals surface area contributed by atoms with Gasteiger partial charge in [-0.2, -0.15) is 8.78 Å². The van der Waals surface area contributed by atoms with Crippen molar-refractivity contribution >= 4 is 35.0 Å². The molecule has 71 heavy (non-hydrogen) atoms. The highest BCUT2D eigenvalue weighted by molar-refractivity contribution is 5.89. The third kappa shape index (κ3) is 8.44. The molecule has 4 amide bonds. The molecule has 4 saturated heterocycles. The van der Waals surface area contributed by atoms with Crippen LogP contribution in [0.3, 0.4) is 0 Å². The van der Waals surface area contributed by atoms with Crippen LogP contribution in [0.1, 0.15) is 78.6 Å². The van der Waals surface area contributed by atoms with Crippen LogP contribution in [0.4, 0.5) is 18.4 Å². The number of alkyl carbamates (subject to hydrolysis) is 2. The molecule has 6 aromatic rings. The lowest BCUT2D eigenvalue weighted by Gasteiger charge is -2.34. The van der Waals surface area contributed by atoms with Gasteiger partial charge in [0, 0.05) is 42.9 Å². The fourth-order valence-corrected chi connectivity index (χ4v) is 11.0. The number of alkyl halides is 2. The van der Waals surface area contributed by atoms with Gasteiger partial charge < -0.3 is 54.1 Å². The number of rotatable bonds is 10. The minimum Gasteiger partial charge on any atom is -0.453 e. The van der Waals surface area contributed by atoms with E-state index in [4.69, 9.17) is 28.7 Å². The predicted octanol–water partition coefficient (Wildman–Crippen LogP) is 7.67. The Hall–Kier alpha value is -7.22. The number of ether oxygens (including phenoxy) is 5. The minimum atomic E-state index is -3.33. The zero-order chi connectivity index (χ0) is 49.0. The molecule has 4 aromatic carbocycles. The summed E-state index contributed by atoms with van der Waals surface area (Å²) in [4.78, 5) is 73.1. The van der Waals surface area contributed by atoms with E-state index in [-0.39, 0.29) is 35.9 Å². The Kier molecular flexibility index (Phi) is 12.0. The number of nitrogens with one attached hydrogen (secondary N) is 4. The summed E-state index contributed by atoms with van der Waals surface area (Å²) in [6.07, 6.45) is 3.07. The Morgan fingerprint density at radius 1 is 0.746 bits per heavy atom. The van der Waals surface area contributed by atoms with Crippen LogP contribution in [0, 0.1) is 5.92 Å². The van der Waals surface area contributed by atoms with Crippen LogP contribution in [0.5, 0.6) is 0 Å². The van der Waals surface area contributed by atoms with E-state index in [9.17, 15) is 19.2 Å². The summed E-state index contributed by atoms with van der Waals surface area (Å²) < 4.78 is 60.9. The molecule has 0 bridgehead atoms. The highest BCUT2D eigenvalue weighted by Crippen LogP contribution is 2.53. The molecule has 368 valence electrons. The molecule has 0 saturated carbocycles. The van der Waals surface area contributed by atoms with E-state index in [2.05, 4.69) is 25.6 Å². The van der Waals surface area contributed by atoms with Gasteiger partial charge in [-0.1, -0.05) is 60.7 Å². The summed E-state index contributed by atoms with van der Waals surface area (Å²) in [7, 11) is 2.50. The van der Waals surface area contributed by atoms with Crippen molar-refractivity contribution in [3.05, 3.63) is 119 Å². The molecular weight excluding hydrogens is 919 g/mol. The molecule has 1 aliphatic carbocycles. The molecule has 1 spiro atoms. The van der Waals surface area contributed by atoms with Crippen molar-refractivity contribution in [2.24, 2.45) is 5.92 Å². The zero-order valence-corrected chi connectivity index (χ0v) is 39.0. The second kappa shape index (κ2) is 18.5. The molecule has 4 fully saturated rings. The van der Waals surface area contributed by atoms with Gasteiger partial charge in [-0.25, -0.2) is 19.6 Å². The monoisotopic (exact) mass is 970 g/mol. The van der Waals surface area contributed by atoms with Crippen molar-refractivity contribution < 1.29 is 51.6 Å². The van der Waals surface area contributed by atoms with Gasteiger partial charge in [0.25, 0.3) is 11.8 Å². The van der Waals surface area contributed by atoms with Crippen LogP contribution in [-0.4, -0.2) is 119 Å². The summed E-state index contributed by atoms with van der Waals surface area (Å²) in [5, 5.41) is 5.45. The average molecular weight is 971 g/mol. The van der Waals surface area contributed by atoms with Crippen LogP contribution >= 0.6 is 0 Å². The largest absolute Gasteiger partial charge is 0.453 e. The van der Waals surface area contributed by atoms with Crippen molar-refractivity contribution in [1.29, 1.82) is 0 Å². The highest BCUT2D eigenvalue weighted by atomic mass is 19.3. The number of carbonyl (C=O) groups is 4. The quantitative estimate of drug-likeness (QED) is 0.105. The van der Waals surface area contributed by atoms with Crippen molar-refractivity contribution in [2.75, 3.05) is 53.7 Å². The molecule has 6 heterocycles. The number of likely N-dealkylation sites (tertiary alicyclic amines) is 2. The maximum absolute atomic E-state index is 16.8. The third-order valence-corrected chi connectivity index (χ3v) is 14.6. The number of fused-ring (bicyclic) bond motifs is 4.